The van der Waals surface area contributed by atoms with Gasteiger partial charge in [-0.2, -0.15) is 0 Å². The number of benzene rings is 8. The summed E-state index contributed by atoms with van der Waals surface area (Å²) in [6.07, 6.45) is 11.0. The van der Waals surface area contributed by atoms with Crippen LogP contribution in [0.4, 0.5) is 28.4 Å². The monoisotopic (exact) mass is 1770 g/mol. The highest BCUT2D eigenvalue weighted by Gasteiger charge is 2.44. The van der Waals surface area contributed by atoms with Gasteiger partial charge in [0, 0.05) is 159 Å². The molecule has 6 heterocycles. The molecule has 0 atom stereocenters. The molecule has 0 bridgehead atoms. The average Bonchev–Trinajstić information content (AvgIpc) is 0.701. The smallest absolute Gasteiger partial charge is 0.279 e. The first kappa shape index (κ1) is 93.6. The number of non-ortho nitro benzene ring substituents is 1. The molecule has 0 fully saturated rings. The maximum atomic E-state index is 13.8. The predicted molar refractivity (Wildman–Crippen MR) is 507 cm³/mol. The molecule has 27 heteroatoms. The fourth-order valence-electron chi connectivity index (χ4n) is 19.1. The zero-order valence-corrected chi connectivity index (χ0v) is 79.4. The normalized spacial score (nSPS) is 16.5. The molecule has 8 aromatic carbocycles. The summed E-state index contributed by atoms with van der Waals surface area (Å²) < 4.78 is 27.4. The van der Waals surface area contributed by atoms with E-state index in [0.29, 0.717) is 85.5 Å². The molecular weight excluding hydrogens is 1650 g/mol. The number of anilines is 2. The van der Waals surface area contributed by atoms with E-state index in [9.17, 15) is 59.7 Å². The fourth-order valence-corrected chi connectivity index (χ4v) is 25.2. The quantitative estimate of drug-likeness (QED) is 0.0145. The number of aryl methyl sites for hydroxylation is 3. The number of hydrogen-bond acceptors (Lipinski definition) is 18. The van der Waals surface area contributed by atoms with Crippen LogP contribution in [0.3, 0.4) is 0 Å². The number of carbonyl (C=O) groups is 4. The summed E-state index contributed by atoms with van der Waals surface area (Å²) in [6, 6.07) is 36.6. The molecule has 8 aromatic rings. The predicted octanol–water partition coefficient (Wildman–Crippen LogP) is 9.59. The lowest BCUT2D eigenvalue weighted by Crippen LogP contribution is -2.64. The molecule has 670 valence electrons. The molecule has 0 unspecified atom stereocenters. The Morgan fingerprint density at radius 2 is 0.789 bits per heavy atom. The molecular formula is C101H117N9O16Si2. The van der Waals surface area contributed by atoms with Gasteiger partial charge < -0.3 is 59.2 Å². The van der Waals surface area contributed by atoms with Crippen LogP contribution in [0.2, 0.25) is 26.2 Å². The van der Waals surface area contributed by atoms with Crippen LogP contribution in [0.5, 0.6) is 0 Å². The summed E-state index contributed by atoms with van der Waals surface area (Å²) in [5.74, 6) is -3.38. The second kappa shape index (κ2) is 36.3. The number of likely N-dealkylation sites (N-methyl/N-ethyl adjacent to an activating group) is 4. The molecule has 0 aliphatic carbocycles. The Bertz CT molecular complexity index is 6410. The zero-order valence-electron chi connectivity index (χ0n) is 77.4. The first-order valence-electron chi connectivity index (χ1n) is 43.7. The van der Waals surface area contributed by atoms with E-state index in [-0.39, 0.29) is 107 Å². The van der Waals surface area contributed by atoms with Gasteiger partial charge in [-0.05, 0) is 259 Å². The third-order valence-electron chi connectivity index (χ3n) is 26.9. The fraction of sp³-hybridized carbons (Fsp3) is 0.386. The minimum absolute atomic E-state index is 0.00408. The summed E-state index contributed by atoms with van der Waals surface area (Å²) >= 11 is 0. The van der Waals surface area contributed by atoms with Crippen LogP contribution in [0, 0.1) is 37.3 Å². The number of aromatic carboxylic acids is 2. The Morgan fingerprint density at radius 1 is 0.414 bits per heavy atom. The minimum Gasteiger partial charge on any atom is -0.545 e. The summed E-state index contributed by atoms with van der Waals surface area (Å²) in [5.41, 5.74) is 16.8. The van der Waals surface area contributed by atoms with Crippen molar-refractivity contribution < 1.29 is 63.1 Å². The number of nitro benzene ring substituents is 3. The molecule has 0 radical (unpaired) electrons. The van der Waals surface area contributed by atoms with Gasteiger partial charge in [0.25, 0.3) is 28.9 Å². The highest BCUT2D eigenvalue weighted by atomic mass is 28.3. The van der Waals surface area contributed by atoms with Crippen molar-refractivity contribution in [3.05, 3.63) is 281 Å². The van der Waals surface area contributed by atoms with Gasteiger partial charge in [-0.25, -0.2) is 9.15 Å². The summed E-state index contributed by atoms with van der Waals surface area (Å²) in [4.78, 5) is 90.6. The van der Waals surface area contributed by atoms with Gasteiger partial charge in [0.2, 0.25) is 10.7 Å². The van der Waals surface area contributed by atoms with Crippen LogP contribution in [0.25, 0.3) is 33.4 Å². The van der Waals surface area contributed by atoms with Crippen LogP contribution in [0.15, 0.2) is 146 Å². The first-order chi connectivity index (χ1) is 60.2. The Balaban J connectivity index is 0.000000219. The van der Waals surface area contributed by atoms with Crippen molar-refractivity contribution in [3.63, 3.8) is 0 Å². The number of allylic oxidation sites excluding steroid dienone is 4. The molecule has 2 amide bonds. The first-order valence-corrected chi connectivity index (χ1v) is 49.7. The number of nitro groups is 3. The van der Waals surface area contributed by atoms with Crippen molar-refractivity contribution >= 4 is 123 Å². The third-order valence-corrected chi connectivity index (χ3v) is 34.0. The van der Waals surface area contributed by atoms with Crippen LogP contribution < -0.4 is 81.7 Å². The third kappa shape index (κ3) is 18.3. The second-order valence-electron chi connectivity index (χ2n) is 37.8. The van der Waals surface area contributed by atoms with Crippen molar-refractivity contribution in [1.82, 2.24) is 19.8 Å². The Labute approximate surface area is 749 Å². The second-order valence-corrected chi connectivity index (χ2v) is 46.5. The van der Waals surface area contributed by atoms with E-state index in [1.54, 1.807) is 30.3 Å². The molecule has 2 N–H and O–H groups in total. The molecule has 0 aromatic heterocycles. The van der Waals surface area contributed by atoms with E-state index in [2.05, 4.69) is 240 Å². The lowest BCUT2D eigenvalue weighted by atomic mass is 9.84. The van der Waals surface area contributed by atoms with Gasteiger partial charge in [-0.1, -0.05) is 62.6 Å². The van der Waals surface area contributed by atoms with Crippen molar-refractivity contribution in [3.8, 4) is 0 Å². The number of amides is 2. The summed E-state index contributed by atoms with van der Waals surface area (Å²) in [5, 5.41) is 74.9. The van der Waals surface area contributed by atoms with E-state index in [4.69, 9.17) is 18.9 Å². The number of ether oxygens (including phenoxy) is 4. The maximum absolute atomic E-state index is 13.8. The molecule has 14 rings (SSSR count). The van der Waals surface area contributed by atoms with Gasteiger partial charge in [0.05, 0.1) is 83.5 Å². The number of nitrogens with zero attached hydrogens (tertiary/aromatic N) is 7. The van der Waals surface area contributed by atoms with E-state index in [1.807, 2.05) is 13.0 Å². The van der Waals surface area contributed by atoms with Crippen LogP contribution in [0.1, 0.15) is 199 Å². The number of fused-ring (bicyclic) bond motifs is 8. The van der Waals surface area contributed by atoms with Crippen molar-refractivity contribution in [2.24, 2.45) is 0 Å². The summed E-state index contributed by atoms with van der Waals surface area (Å²) in [6.45, 7) is 40.3. The Hall–Kier alpha value is -12.0. The number of carboxylic acids is 2. The number of carboxylic acid groups (broad SMARTS) is 2. The topological polar surface area (TPSA) is 317 Å². The molecule has 6 aliphatic heterocycles. The standard InChI is InChI=1S/C51H60N4O7Si.C50H57N5O9Si/c1-31-14-15-34(42(23-31)55(59)60)13-12-19-61-21-22-62-20-18-52-48(56)35-16-17-36(49(57)58)39(24-35)47-40-25-37-32(2)29-50(4,5)53(8)43(37)27-45(40)63(10,11)46-28-44-38(26-41(46)47)33(3)30-51(6,7)54(44)9;1-30-28-49(3,4)52(7)42-26-44-39(24-36(30)42)46(40-25-37-31(2)29-50(5,6)53(8)43(37)27-45(40)65(44,9)10)38-22-33(14-16-35(38)48(57)58)47(56)51-17-19-64-21-20-63-18-11-12-32-13-15-34(54(59)60)23-41(32)55(61)62/h14-17,23-30H,12-13,18-22H2,1-11H3,(H-,52,56,57,58);13-16,22-29H,11-12,17-21H2,1-10H3,(H-,51,56,57,58). The lowest BCUT2D eigenvalue weighted by Gasteiger charge is -2.43. The number of nitrogens with one attached hydrogen (secondary N) is 2. The van der Waals surface area contributed by atoms with Gasteiger partial charge in [0.15, 0.2) is 11.1 Å². The highest BCUT2D eigenvalue weighted by Crippen LogP contribution is 2.44. The Morgan fingerprint density at radius 3 is 1.17 bits per heavy atom. The molecule has 0 saturated carbocycles. The average molecular weight is 1770 g/mol. The van der Waals surface area contributed by atoms with Gasteiger partial charge in [0.1, 0.15) is 30.2 Å². The van der Waals surface area contributed by atoms with E-state index in [0.717, 1.165) is 111 Å². The van der Waals surface area contributed by atoms with E-state index in [1.165, 1.54) is 51.1 Å². The largest absolute Gasteiger partial charge is 0.545 e. The van der Waals surface area contributed by atoms with Gasteiger partial charge >= 0.3 is 0 Å². The molecule has 128 heavy (non-hydrogen) atoms. The van der Waals surface area contributed by atoms with Gasteiger partial charge in [-0.15, -0.1) is 0 Å². The molecule has 25 nitrogen and oxygen atoms in total. The Kier molecular flexibility index (Phi) is 26.5. The maximum Gasteiger partial charge on any atom is 0.279 e. The number of hydrogen-bond donors (Lipinski definition) is 2. The van der Waals surface area contributed by atoms with E-state index >= 15 is 0 Å². The summed E-state index contributed by atoms with van der Waals surface area (Å²) in [7, 11) is 3.56. The molecule has 0 saturated heterocycles. The van der Waals surface area contributed by atoms with Crippen LogP contribution >= 0.6 is 0 Å². The van der Waals surface area contributed by atoms with Crippen molar-refractivity contribution in [2.45, 2.75) is 164 Å². The van der Waals surface area contributed by atoms with Crippen LogP contribution in [-0.2, 0) is 31.8 Å². The van der Waals surface area contributed by atoms with Crippen LogP contribution in [-0.4, -0.2) is 171 Å². The molecule has 6 aliphatic rings. The van der Waals surface area contributed by atoms with Gasteiger partial charge in [-0.3, -0.25) is 39.9 Å². The van der Waals surface area contributed by atoms with Crippen molar-refractivity contribution in [2.75, 3.05) is 104 Å². The number of carbonyl (C=O) groups excluding carboxylic acids is 4. The number of rotatable bonds is 29. The van der Waals surface area contributed by atoms with Crippen molar-refractivity contribution in [1.29, 1.82) is 0 Å². The minimum atomic E-state index is -2.48. The van der Waals surface area contributed by atoms with E-state index < -0.39 is 37.9 Å². The SMILES string of the molecule is CC1=CC(C)(C)N(C)c2cc3c(cc21)C(c1cc(C(=O)NCCOCCOCCCc2ccc(C)cc2[N+](=O)[O-])ccc1C(=O)[O-])=c1cc2c(cc1[Si]3(C)C)=[N+](C)C(C)(C)C=C2C.CC1=CC(C)(C)N(C)c2cc3c(cc21)C(c1cc(C(=O)NCCOCCOCCCc2ccc([N+](=O)[O-])cc2[N+](=O)[O-])ccc1C(=O)[O-])=c1cc2c(cc1[Si]3(C)C)=[N+](C)C(C)(C)C=C2C. The highest BCUT2D eigenvalue weighted by molar-refractivity contribution is 7.02. The molecule has 0 spiro atoms. The lowest BCUT2D eigenvalue weighted by molar-refractivity contribution is -0.394. The zero-order chi connectivity index (χ0) is 93.1.